The topological polar surface area (TPSA) is 102 Å². The minimum absolute atomic E-state index is 0.0675. The maximum Gasteiger partial charge on any atom is 0.249 e. The molecule has 0 spiro atoms. The Hall–Kier alpha value is -2.63. The predicted molar refractivity (Wildman–Crippen MR) is 103 cm³/mol. The largest absolute Gasteiger partial charge is 0.308 e. The molecule has 1 fully saturated rings. The number of aromatic nitrogens is 3. The number of halogens is 1. The molecule has 1 aliphatic rings. The van der Waals surface area contributed by atoms with E-state index in [4.69, 9.17) is 0 Å². The van der Waals surface area contributed by atoms with Crippen molar-refractivity contribution in [3.63, 3.8) is 0 Å². The average molecular weight is 436 g/mol. The van der Waals surface area contributed by atoms with Gasteiger partial charge in [-0.15, -0.1) is 10.2 Å². The normalized spacial score (nSPS) is 15.9. The second kappa shape index (κ2) is 7.01. The highest BCUT2D eigenvalue weighted by Crippen LogP contribution is 2.29. The lowest BCUT2D eigenvalue weighted by Crippen LogP contribution is -2.56. The van der Waals surface area contributed by atoms with Gasteiger partial charge >= 0.3 is 0 Å². The molecule has 0 aliphatic carbocycles. The summed E-state index contributed by atoms with van der Waals surface area (Å²) in [7, 11) is -6.06. The number of hydrogen-bond donors (Lipinski definition) is 0. The second-order valence-electron chi connectivity index (χ2n) is 6.74. The minimum atomic E-state index is -3.81. The first-order valence-corrected chi connectivity index (χ1v) is 11.6. The van der Waals surface area contributed by atoms with Crippen LogP contribution in [0.5, 0.6) is 0 Å². The zero-order chi connectivity index (χ0) is 20.8. The third-order valence-corrected chi connectivity index (χ3v) is 8.75. The first-order valence-electron chi connectivity index (χ1n) is 8.63. The van der Waals surface area contributed by atoms with Gasteiger partial charge in [-0.05, 0) is 35.4 Å². The quantitative estimate of drug-likeness (QED) is 0.600. The van der Waals surface area contributed by atoms with E-state index in [0.29, 0.717) is 0 Å². The van der Waals surface area contributed by atoms with Crippen molar-refractivity contribution in [2.75, 3.05) is 13.1 Å². The van der Waals surface area contributed by atoms with Crippen LogP contribution in [0.4, 0.5) is 4.39 Å². The van der Waals surface area contributed by atoms with Gasteiger partial charge in [0.2, 0.25) is 25.0 Å². The third kappa shape index (κ3) is 3.45. The molecule has 0 unspecified atom stereocenters. The van der Waals surface area contributed by atoms with Crippen LogP contribution in [0.2, 0.25) is 0 Å². The average Bonchev–Trinajstić information content (AvgIpc) is 3.08. The lowest BCUT2D eigenvalue weighted by atomic mass is 10.1. The maximum atomic E-state index is 13.0. The number of hydrogen-bond acceptors (Lipinski definition) is 6. The molecule has 0 N–H and O–H groups in total. The van der Waals surface area contributed by atoms with Crippen LogP contribution in [0.25, 0.3) is 11.1 Å². The van der Waals surface area contributed by atoms with Crippen LogP contribution >= 0.6 is 0 Å². The lowest BCUT2D eigenvalue weighted by Gasteiger charge is -2.36. The third-order valence-electron chi connectivity index (χ3n) is 4.85. The summed E-state index contributed by atoms with van der Waals surface area (Å²) in [6, 6.07) is 12.1. The molecule has 0 radical (unpaired) electrons. The van der Waals surface area contributed by atoms with Gasteiger partial charge in [0.1, 0.15) is 12.1 Å². The van der Waals surface area contributed by atoms with E-state index in [0.717, 1.165) is 15.4 Å². The summed E-state index contributed by atoms with van der Waals surface area (Å²) in [5.41, 5.74) is 1.50. The van der Waals surface area contributed by atoms with Crippen LogP contribution in [0.1, 0.15) is 0 Å². The molecular weight excluding hydrogens is 419 g/mol. The van der Waals surface area contributed by atoms with E-state index in [1.165, 1.54) is 42.2 Å². The van der Waals surface area contributed by atoms with Crippen molar-refractivity contribution < 1.29 is 21.2 Å². The van der Waals surface area contributed by atoms with Gasteiger partial charge in [0.15, 0.2) is 0 Å². The van der Waals surface area contributed by atoms with Crippen molar-refractivity contribution in [1.29, 1.82) is 0 Å². The second-order valence-corrected chi connectivity index (χ2v) is 10.8. The van der Waals surface area contributed by atoms with Crippen molar-refractivity contribution in [3.8, 4) is 11.1 Å². The zero-order valence-corrected chi connectivity index (χ0v) is 16.9. The van der Waals surface area contributed by atoms with Crippen molar-refractivity contribution in [1.82, 2.24) is 19.1 Å². The van der Waals surface area contributed by atoms with Crippen LogP contribution in [0, 0.1) is 5.82 Å². The molecular formula is C18H17FN4O4S2. The molecule has 2 aromatic carbocycles. The zero-order valence-electron chi connectivity index (χ0n) is 15.3. The van der Waals surface area contributed by atoms with Gasteiger partial charge in [0, 0.05) is 20.1 Å². The van der Waals surface area contributed by atoms with E-state index in [2.05, 4.69) is 10.2 Å². The van der Waals surface area contributed by atoms with E-state index in [9.17, 15) is 21.2 Å². The molecule has 0 amide bonds. The van der Waals surface area contributed by atoms with E-state index in [-0.39, 0.29) is 29.0 Å². The minimum Gasteiger partial charge on any atom is -0.308 e. The summed E-state index contributed by atoms with van der Waals surface area (Å²) in [6.45, 7) is -0.283. The van der Waals surface area contributed by atoms with Crippen LogP contribution in [0.3, 0.4) is 0 Å². The van der Waals surface area contributed by atoms with Crippen molar-refractivity contribution in [2.45, 2.75) is 15.3 Å². The summed E-state index contributed by atoms with van der Waals surface area (Å²) < 4.78 is 66.1. The van der Waals surface area contributed by atoms with Crippen LogP contribution in [-0.2, 0) is 26.9 Å². The molecule has 152 valence electrons. The molecule has 1 saturated heterocycles. The van der Waals surface area contributed by atoms with E-state index in [1.54, 1.807) is 24.3 Å². The molecule has 8 nitrogen and oxygen atoms in total. The summed E-state index contributed by atoms with van der Waals surface area (Å²) in [4.78, 5) is 0.0675. The molecule has 11 heteroatoms. The van der Waals surface area contributed by atoms with Gasteiger partial charge in [-0.3, -0.25) is 0 Å². The van der Waals surface area contributed by atoms with Gasteiger partial charge in [0.05, 0.1) is 10.1 Å². The SMILES string of the molecule is Cn1cnnc1S(=O)(=O)C1CN(S(=O)(=O)c2ccc(-c3ccc(F)cc3)cc2)C1. The standard InChI is InChI=1S/C18H17FN4O4S2/c1-22-12-20-21-18(22)28(24,25)17-10-23(11-17)29(26,27)16-8-4-14(5-9-16)13-2-6-15(19)7-3-13/h2-9,12,17H,10-11H2,1H3. The fraction of sp³-hybridized carbons (Fsp3) is 0.222. The monoisotopic (exact) mass is 436 g/mol. The number of sulfone groups is 1. The van der Waals surface area contributed by atoms with Crippen molar-refractivity contribution >= 4 is 19.9 Å². The van der Waals surface area contributed by atoms with E-state index < -0.39 is 25.1 Å². The Morgan fingerprint density at radius 3 is 2.00 bits per heavy atom. The molecule has 3 aromatic rings. The summed E-state index contributed by atoms with van der Waals surface area (Å²) in [6.07, 6.45) is 1.28. The van der Waals surface area contributed by atoms with Crippen LogP contribution in [0.15, 0.2) is 64.9 Å². The number of rotatable bonds is 5. The molecule has 0 saturated carbocycles. The Kier molecular flexibility index (Phi) is 4.75. The van der Waals surface area contributed by atoms with E-state index >= 15 is 0 Å². The molecule has 4 rings (SSSR count). The Morgan fingerprint density at radius 2 is 1.48 bits per heavy atom. The first-order chi connectivity index (χ1) is 13.7. The highest BCUT2D eigenvalue weighted by molar-refractivity contribution is 7.92. The summed E-state index contributed by atoms with van der Waals surface area (Å²) in [5, 5.41) is 6.14. The first kappa shape index (κ1) is 19.7. The van der Waals surface area contributed by atoms with Gasteiger partial charge in [0.25, 0.3) is 0 Å². The fourth-order valence-electron chi connectivity index (χ4n) is 3.08. The van der Waals surface area contributed by atoms with Crippen molar-refractivity contribution in [3.05, 3.63) is 60.7 Å². The van der Waals surface area contributed by atoms with Crippen LogP contribution in [-0.4, -0.2) is 54.2 Å². The molecule has 0 atom stereocenters. The van der Waals surface area contributed by atoms with Gasteiger partial charge < -0.3 is 4.57 Å². The Labute approximate surface area is 167 Å². The molecule has 29 heavy (non-hydrogen) atoms. The Bertz CT molecular complexity index is 1250. The van der Waals surface area contributed by atoms with E-state index in [1.807, 2.05) is 0 Å². The highest BCUT2D eigenvalue weighted by atomic mass is 32.2. The number of nitrogens with zero attached hydrogens (tertiary/aromatic N) is 4. The summed E-state index contributed by atoms with van der Waals surface area (Å²) in [5.74, 6) is -0.350. The Morgan fingerprint density at radius 1 is 0.931 bits per heavy atom. The van der Waals surface area contributed by atoms with Crippen molar-refractivity contribution in [2.24, 2.45) is 7.05 Å². The Balaban J connectivity index is 1.50. The van der Waals surface area contributed by atoms with Gasteiger partial charge in [-0.1, -0.05) is 24.3 Å². The smallest absolute Gasteiger partial charge is 0.249 e. The fourth-order valence-corrected chi connectivity index (χ4v) is 6.46. The number of benzene rings is 2. The van der Waals surface area contributed by atoms with Crippen LogP contribution < -0.4 is 0 Å². The number of aryl methyl sites for hydroxylation is 1. The predicted octanol–water partition coefficient (Wildman–Crippen LogP) is 1.47. The van der Waals surface area contributed by atoms with Gasteiger partial charge in [-0.25, -0.2) is 21.2 Å². The molecule has 2 heterocycles. The number of sulfonamides is 1. The molecule has 0 bridgehead atoms. The highest BCUT2D eigenvalue weighted by Gasteiger charge is 2.45. The molecule has 1 aromatic heterocycles. The maximum absolute atomic E-state index is 13.0. The lowest BCUT2D eigenvalue weighted by molar-refractivity contribution is 0.308. The summed E-state index contributed by atoms with van der Waals surface area (Å²) >= 11 is 0. The van der Waals surface area contributed by atoms with Gasteiger partial charge in [-0.2, -0.15) is 4.31 Å². The molecule has 1 aliphatic heterocycles.